The standard InChI is InChI=1S/C15H16BrNO2S/c1-7(2)11-12(17)14(15(18)19)20-13(11)9-4-8(3)5-10(16)6-9/h4-7H,17H2,1-3H3,(H,18,19). The fourth-order valence-corrected chi connectivity index (χ4v) is 4.08. The average Bonchev–Trinajstić information content (AvgIpc) is 2.65. The minimum Gasteiger partial charge on any atom is -0.477 e. The number of nitrogens with two attached hydrogens (primary N) is 1. The molecule has 1 aromatic carbocycles. The average molecular weight is 354 g/mol. The summed E-state index contributed by atoms with van der Waals surface area (Å²) in [6.45, 7) is 6.06. The number of carboxylic acids is 1. The van der Waals surface area contributed by atoms with Crippen LogP contribution in [-0.2, 0) is 0 Å². The van der Waals surface area contributed by atoms with Crippen molar-refractivity contribution in [3.05, 3.63) is 38.7 Å². The highest BCUT2D eigenvalue weighted by Crippen LogP contribution is 2.43. The fourth-order valence-electron chi connectivity index (χ4n) is 2.27. The molecule has 3 nitrogen and oxygen atoms in total. The molecule has 20 heavy (non-hydrogen) atoms. The molecule has 0 saturated carbocycles. The molecule has 0 radical (unpaired) electrons. The van der Waals surface area contributed by atoms with Crippen LogP contribution in [0.3, 0.4) is 0 Å². The molecule has 0 aliphatic rings. The van der Waals surface area contributed by atoms with Crippen molar-refractivity contribution in [2.75, 3.05) is 5.73 Å². The molecule has 0 fully saturated rings. The van der Waals surface area contributed by atoms with Crippen LogP contribution >= 0.6 is 27.3 Å². The van der Waals surface area contributed by atoms with Crippen LogP contribution in [0.1, 0.15) is 40.6 Å². The molecule has 2 rings (SSSR count). The molecule has 106 valence electrons. The monoisotopic (exact) mass is 353 g/mol. The van der Waals surface area contributed by atoms with Gasteiger partial charge in [0, 0.05) is 9.35 Å². The second kappa shape index (κ2) is 5.58. The van der Waals surface area contributed by atoms with Gasteiger partial charge in [-0.3, -0.25) is 0 Å². The van der Waals surface area contributed by atoms with Crippen molar-refractivity contribution < 1.29 is 9.90 Å². The molecule has 3 N–H and O–H groups in total. The van der Waals surface area contributed by atoms with Crippen LogP contribution < -0.4 is 5.73 Å². The smallest absolute Gasteiger partial charge is 0.348 e. The van der Waals surface area contributed by atoms with Gasteiger partial charge in [0.25, 0.3) is 0 Å². The molecule has 0 amide bonds. The number of anilines is 1. The highest BCUT2D eigenvalue weighted by atomic mass is 79.9. The molecule has 1 aromatic heterocycles. The molecule has 0 aliphatic heterocycles. The lowest BCUT2D eigenvalue weighted by atomic mass is 9.97. The molecule has 0 saturated heterocycles. The SMILES string of the molecule is Cc1cc(Br)cc(-c2sc(C(=O)O)c(N)c2C(C)C)c1. The summed E-state index contributed by atoms with van der Waals surface area (Å²) in [5.41, 5.74) is 9.48. The molecule has 2 aromatic rings. The van der Waals surface area contributed by atoms with Crippen molar-refractivity contribution in [2.45, 2.75) is 26.7 Å². The van der Waals surface area contributed by atoms with Crippen LogP contribution in [0.5, 0.6) is 0 Å². The van der Waals surface area contributed by atoms with Crippen LogP contribution in [0.15, 0.2) is 22.7 Å². The van der Waals surface area contributed by atoms with E-state index in [4.69, 9.17) is 5.73 Å². The van der Waals surface area contributed by atoms with Crippen LogP contribution in [0.4, 0.5) is 5.69 Å². The van der Waals surface area contributed by atoms with Gasteiger partial charge in [-0.2, -0.15) is 0 Å². The van der Waals surface area contributed by atoms with E-state index < -0.39 is 5.97 Å². The van der Waals surface area contributed by atoms with Gasteiger partial charge in [-0.25, -0.2) is 4.79 Å². The van der Waals surface area contributed by atoms with E-state index in [9.17, 15) is 9.90 Å². The first-order valence-electron chi connectivity index (χ1n) is 6.24. The first kappa shape index (κ1) is 15.1. The maximum absolute atomic E-state index is 11.3. The summed E-state index contributed by atoms with van der Waals surface area (Å²) < 4.78 is 0.978. The number of benzene rings is 1. The van der Waals surface area contributed by atoms with Crippen LogP contribution in [-0.4, -0.2) is 11.1 Å². The Hall–Kier alpha value is -1.33. The zero-order valence-corrected chi connectivity index (χ0v) is 13.9. The van der Waals surface area contributed by atoms with Gasteiger partial charge in [-0.1, -0.05) is 35.8 Å². The summed E-state index contributed by atoms with van der Waals surface area (Å²) in [5.74, 6) is -0.791. The molecular weight excluding hydrogens is 338 g/mol. The van der Waals surface area contributed by atoms with E-state index in [0.29, 0.717) is 5.69 Å². The minimum absolute atomic E-state index is 0.175. The zero-order chi connectivity index (χ0) is 15.0. The number of carbonyl (C=O) groups is 1. The number of halogens is 1. The number of aromatic carboxylic acids is 1. The van der Waals surface area contributed by atoms with Gasteiger partial charge in [0.15, 0.2) is 0 Å². The summed E-state index contributed by atoms with van der Waals surface area (Å²) in [5, 5.41) is 9.26. The van der Waals surface area contributed by atoms with Crippen LogP contribution in [0, 0.1) is 6.92 Å². The van der Waals surface area contributed by atoms with E-state index in [1.807, 2.05) is 39.0 Å². The van der Waals surface area contributed by atoms with Gasteiger partial charge < -0.3 is 10.8 Å². The van der Waals surface area contributed by atoms with Crippen LogP contribution in [0.25, 0.3) is 10.4 Å². The van der Waals surface area contributed by atoms with E-state index in [1.54, 1.807) is 0 Å². The third-order valence-electron chi connectivity index (χ3n) is 3.06. The Bertz CT molecular complexity index is 657. The predicted octanol–water partition coefficient (Wildman–Crippen LogP) is 4.89. The van der Waals surface area contributed by atoms with E-state index in [2.05, 4.69) is 15.9 Å². The topological polar surface area (TPSA) is 63.3 Å². The van der Waals surface area contributed by atoms with E-state index in [0.717, 1.165) is 26.0 Å². The van der Waals surface area contributed by atoms with Crippen molar-refractivity contribution in [1.82, 2.24) is 0 Å². The van der Waals surface area contributed by atoms with Crippen molar-refractivity contribution in [1.29, 1.82) is 0 Å². The number of hydrogen-bond donors (Lipinski definition) is 2. The molecule has 0 atom stereocenters. The molecule has 1 heterocycles. The van der Waals surface area contributed by atoms with Crippen molar-refractivity contribution >= 4 is 38.9 Å². The third kappa shape index (κ3) is 2.74. The molecular formula is C15H16BrNO2S. The van der Waals surface area contributed by atoms with E-state index in [-0.39, 0.29) is 10.8 Å². The first-order valence-corrected chi connectivity index (χ1v) is 7.85. The van der Waals surface area contributed by atoms with Gasteiger partial charge in [0.1, 0.15) is 4.88 Å². The number of thiophene rings is 1. The highest BCUT2D eigenvalue weighted by molar-refractivity contribution is 9.10. The third-order valence-corrected chi connectivity index (χ3v) is 4.78. The van der Waals surface area contributed by atoms with Crippen molar-refractivity contribution in [2.24, 2.45) is 0 Å². The molecule has 0 spiro atoms. The Kier molecular flexibility index (Phi) is 4.20. The second-order valence-electron chi connectivity index (χ2n) is 5.06. The lowest BCUT2D eigenvalue weighted by Gasteiger charge is -2.10. The number of rotatable bonds is 3. The summed E-state index contributed by atoms with van der Waals surface area (Å²) in [4.78, 5) is 12.5. The Balaban J connectivity index is 2.72. The molecule has 0 aliphatic carbocycles. The maximum atomic E-state index is 11.3. The zero-order valence-electron chi connectivity index (χ0n) is 11.5. The Labute approximate surface area is 130 Å². The van der Waals surface area contributed by atoms with Crippen molar-refractivity contribution in [3.8, 4) is 10.4 Å². The Morgan fingerprint density at radius 2 is 2.00 bits per heavy atom. The quantitative estimate of drug-likeness (QED) is 0.825. The highest BCUT2D eigenvalue weighted by Gasteiger charge is 2.23. The van der Waals surface area contributed by atoms with Gasteiger partial charge in [0.2, 0.25) is 0 Å². The maximum Gasteiger partial charge on any atom is 0.348 e. The molecule has 0 bridgehead atoms. The van der Waals surface area contributed by atoms with E-state index >= 15 is 0 Å². The number of carboxylic acid groups (broad SMARTS) is 1. The number of hydrogen-bond acceptors (Lipinski definition) is 3. The van der Waals surface area contributed by atoms with Crippen molar-refractivity contribution in [3.63, 3.8) is 0 Å². The Morgan fingerprint density at radius 3 is 2.50 bits per heavy atom. The summed E-state index contributed by atoms with van der Waals surface area (Å²) >= 11 is 4.73. The summed E-state index contributed by atoms with van der Waals surface area (Å²) in [6.07, 6.45) is 0. The summed E-state index contributed by atoms with van der Waals surface area (Å²) in [7, 11) is 0. The van der Waals surface area contributed by atoms with Gasteiger partial charge >= 0.3 is 5.97 Å². The van der Waals surface area contributed by atoms with Gasteiger partial charge in [-0.05, 0) is 41.7 Å². The van der Waals surface area contributed by atoms with E-state index in [1.165, 1.54) is 11.3 Å². The minimum atomic E-state index is -0.965. The van der Waals surface area contributed by atoms with Gasteiger partial charge in [-0.15, -0.1) is 11.3 Å². The molecule has 0 unspecified atom stereocenters. The lowest BCUT2D eigenvalue weighted by molar-refractivity contribution is 0.0703. The lowest BCUT2D eigenvalue weighted by Crippen LogP contribution is -2.00. The number of aryl methyl sites for hydroxylation is 1. The fraction of sp³-hybridized carbons (Fsp3) is 0.267. The normalized spacial score (nSPS) is 11.1. The largest absolute Gasteiger partial charge is 0.477 e. The summed E-state index contributed by atoms with van der Waals surface area (Å²) in [6, 6.07) is 6.07. The first-order chi connectivity index (χ1) is 9.31. The number of nitrogen functional groups attached to an aromatic ring is 1. The Morgan fingerprint density at radius 1 is 1.35 bits per heavy atom. The van der Waals surface area contributed by atoms with Gasteiger partial charge in [0.05, 0.1) is 5.69 Å². The predicted molar refractivity (Wildman–Crippen MR) is 87.7 cm³/mol. The molecule has 5 heteroatoms. The van der Waals surface area contributed by atoms with Crippen LogP contribution in [0.2, 0.25) is 0 Å². The second-order valence-corrected chi connectivity index (χ2v) is 7.00.